The molecule has 0 atom stereocenters. The molecule has 1 saturated carbocycles. The number of aromatic nitrogens is 2. The van der Waals surface area contributed by atoms with Gasteiger partial charge in [-0.2, -0.15) is 9.78 Å². The standard InChI is InChI=1S/C28H28N4O4S/c1-36-21-11-8-18(9-12-21)17-29-28(35)32-24(19-5-2-3-6-19)16-23(31-32)22-15-20(10-13-25(22)33)30-27(34)26-7-4-14-37-26/h4,7-16,19,33H,2-3,5-6,17H2,1H3,(H,29,35)(H,30,34). The number of rotatable bonds is 7. The monoisotopic (exact) mass is 516 g/mol. The number of carbonyl (C=O) groups is 2. The van der Waals surface area contributed by atoms with Gasteiger partial charge in [0.25, 0.3) is 5.91 Å². The summed E-state index contributed by atoms with van der Waals surface area (Å²) in [4.78, 5) is 26.3. The van der Waals surface area contributed by atoms with Crippen molar-refractivity contribution in [1.82, 2.24) is 15.1 Å². The molecule has 0 saturated heterocycles. The van der Waals surface area contributed by atoms with Gasteiger partial charge in [0.2, 0.25) is 0 Å². The summed E-state index contributed by atoms with van der Waals surface area (Å²) in [6, 6.07) is 17.5. The van der Waals surface area contributed by atoms with Gasteiger partial charge in [0.1, 0.15) is 11.5 Å². The molecule has 0 radical (unpaired) electrons. The molecule has 3 N–H and O–H groups in total. The van der Waals surface area contributed by atoms with Crippen molar-refractivity contribution in [2.24, 2.45) is 0 Å². The van der Waals surface area contributed by atoms with Crippen molar-refractivity contribution >= 4 is 29.0 Å². The van der Waals surface area contributed by atoms with E-state index in [1.807, 2.05) is 41.8 Å². The summed E-state index contributed by atoms with van der Waals surface area (Å²) >= 11 is 1.35. The Morgan fingerprint density at radius 1 is 1.11 bits per heavy atom. The number of nitrogens with zero attached hydrogens (tertiary/aromatic N) is 2. The highest BCUT2D eigenvalue weighted by Gasteiger charge is 2.26. The third kappa shape index (κ3) is 5.51. The molecular formula is C28H28N4O4S. The number of ether oxygens (including phenoxy) is 1. The quantitative estimate of drug-likeness (QED) is 0.262. The number of phenols is 1. The van der Waals surface area contributed by atoms with Crippen LogP contribution in [0.25, 0.3) is 11.3 Å². The lowest BCUT2D eigenvalue weighted by Crippen LogP contribution is -2.30. The summed E-state index contributed by atoms with van der Waals surface area (Å²) in [6.07, 6.45) is 4.18. The van der Waals surface area contributed by atoms with Crippen LogP contribution in [0, 0.1) is 0 Å². The Hall–Kier alpha value is -4.11. The second kappa shape index (κ2) is 10.9. The van der Waals surface area contributed by atoms with Gasteiger partial charge in [-0.05, 0) is 66.2 Å². The molecule has 0 aliphatic heterocycles. The first-order valence-corrected chi connectivity index (χ1v) is 13.1. The molecule has 0 bridgehead atoms. The van der Waals surface area contributed by atoms with Gasteiger partial charge in [-0.3, -0.25) is 4.79 Å². The van der Waals surface area contributed by atoms with E-state index < -0.39 is 0 Å². The van der Waals surface area contributed by atoms with Crippen LogP contribution >= 0.6 is 11.3 Å². The van der Waals surface area contributed by atoms with E-state index in [9.17, 15) is 14.7 Å². The highest BCUT2D eigenvalue weighted by atomic mass is 32.1. The number of phenolic OH excluding ortho intramolecular Hbond substituents is 1. The van der Waals surface area contributed by atoms with Gasteiger partial charge >= 0.3 is 6.03 Å². The number of hydrogen-bond acceptors (Lipinski definition) is 6. The van der Waals surface area contributed by atoms with Gasteiger partial charge in [-0.1, -0.05) is 31.0 Å². The van der Waals surface area contributed by atoms with Crippen LogP contribution in [0.15, 0.2) is 66.0 Å². The Balaban J connectivity index is 1.40. The molecule has 37 heavy (non-hydrogen) atoms. The lowest BCUT2D eigenvalue weighted by atomic mass is 10.0. The SMILES string of the molecule is COc1ccc(CNC(=O)n2nc(-c3cc(NC(=O)c4cccs4)ccc3O)cc2C2CCCC2)cc1. The Bertz CT molecular complexity index is 1390. The van der Waals surface area contributed by atoms with E-state index in [0.717, 1.165) is 42.7 Å². The second-order valence-corrected chi connectivity index (χ2v) is 9.97. The van der Waals surface area contributed by atoms with Crippen LogP contribution in [0.1, 0.15) is 52.5 Å². The van der Waals surface area contributed by atoms with Gasteiger partial charge in [0, 0.05) is 23.7 Å². The van der Waals surface area contributed by atoms with Crippen LogP contribution in [0.3, 0.4) is 0 Å². The normalized spacial score (nSPS) is 13.4. The third-order valence-electron chi connectivity index (χ3n) is 6.58. The molecule has 1 fully saturated rings. The van der Waals surface area contributed by atoms with E-state index in [1.54, 1.807) is 25.3 Å². The van der Waals surface area contributed by atoms with E-state index in [0.29, 0.717) is 28.4 Å². The van der Waals surface area contributed by atoms with Gasteiger partial charge in [0.05, 0.1) is 23.4 Å². The van der Waals surface area contributed by atoms with Gasteiger partial charge < -0.3 is 20.5 Å². The second-order valence-electron chi connectivity index (χ2n) is 9.02. The number of nitrogens with one attached hydrogen (secondary N) is 2. The molecule has 2 aromatic carbocycles. The number of aromatic hydroxyl groups is 1. The molecule has 9 heteroatoms. The molecule has 2 amide bonds. The zero-order chi connectivity index (χ0) is 25.8. The molecule has 4 aromatic rings. The summed E-state index contributed by atoms with van der Waals surface area (Å²) in [7, 11) is 1.61. The Morgan fingerprint density at radius 2 is 1.89 bits per heavy atom. The summed E-state index contributed by atoms with van der Waals surface area (Å²) in [5, 5.41) is 22.9. The van der Waals surface area contributed by atoms with Crippen LogP contribution in [0.5, 0.6) is 11.5 Å². The van der Waals surface area contributed by atoms with E-state index in [1.165, 1.54) is 22.1 Å². The van der Waals surface area contributed by atoms with Crippen LogP contribution in [-0.4, -0.2) is 33.9 Å². The highest BCUT2D eigenvalue weighted by molar-refractivity contribution is 7.12. The molecule has 2 heterocycles. The topological polar surface area (TPSA) is 105 Å². The predicted molar refractivity (Wildman–Crippen MR) is 143 cm³/mol. The molecule has 1 aliphatic rings. The lowest BCUT2D eigenvalue weighted by molar-refractivity contribution is 0.103. The van der Waals surface area contributed by atoms with Gasteiger partial charge in [-0.25, -0.2) is 4.79 Å². The summed E-state index contributed by atoms with van der Waals surface area (Å²) in [5.74, 6) is 0.776. The first-order valence-electron chi connectivity index (χ1n) is 12.2. The number of methoxy groups -OCH3 is 1. The van der Waals surface area contributed by atoms with Crippen molar-refractivity contribution < 1.29 is 19.4 Å². The fraction of sp³-hybridized carbons (Fsp3) is 0.250. The van der Waals surface area contributed by atoms with Crippen LogP contribution in [-0.2, 0) is 6.54 Å². The van der Waals surface area contributed by atoms with Crippen molar-refractivity contribution in [3.8, 4) is 22.8 Å². The maximum absolute atomic E-state index is 13.2. The van der Waals surface area contributed by atoms with Crippen molar-refractivity contribution in [3.63, 3.8) is 0 Å². The predicted octanol–water partition coefficient (Wildman–Crippen LogP) is 5.99. The van der Waals surface area contributed by atoms with E-state index in [-0.39, 0.29) is 23.6 Å². The number of amides is 2. The number of anilines is 1. The van der Waals surface area contributed by atoms with Crippen molar-refractivity contribution in [3.05, 3.63) is 82.2 Å². The Labute approximate surface area is 218 Å². The van der Waals surface area contributed by atoms with E-state index in [2.05, 4.69) is 15.7 Å². The molecule has 1 aliphatic carbocycles. The minimum Gasteiger partial charge on any atom is -0.507 e. The first kappa shape index (κ1) is 24.6. The summed E-state index contributed by atoms with van der Waals surface area (Å²) < 4.78 is 6.62. The maximum Gasteiger partial charge on any atom is 0.342 e. The minimum atomic E-state index is -0.328. The third-order valence-corrected chi connectivity index (χ3v) is 7.45. The fourth-order valence-electron chi connectivity index (χ4n) is 4.62. The molecule has 190 valence electrons. The number of thiophene rings is 1. The Morgan fingerprint density at radius 3 is 2.59 bits per heavy atom. The zero-order valence-corrected chi connectivity index (χ0v) is 21.3. The highest BCUT2D eigenvalue weighted by Crippen LogP contribution is 2.38. The van der Waals surface area contributed by atoms with Crippen molar-refractivity contribution in [2.45, 2.75) is 38.1 Å². The zero-order valence-electron chi connectivity index (χ0n) is 20.4. The minimum absolute atomic E-state index is 0.0235. The van der Waals surface area contributed by atoms with Gasteiger partial charge in [0.15, 0.2) is 0 Å². The lowest BCUT2D eigenvalue weighted by Gasteiger charge is -2.12. The van der Waals surface area contributed by atoms with Crippen molar-refractivity contribution in [1.29, 1.82) is 0 Å². The summed E-state index contributed by atoms with van der Waals surface area (Å²) in [5.41, 5.74) is 3.23. The molecule has 5 rings (SSSR count). The van der Waals surface area contributed by atoms with E-state index in [4.69, 9.17) is 4.74 Å². The first-order chi connectivity index (χ1) is 18.0. The molecule has 2 aromatic heterocycles. The maximum atomic E-state index is 13.2. The van der Waals surface area contributed by atoms with Crippen LogP contribution < -0.4 is 15.4 Å². The average Bonchev–Trinajstić information content (AvgIpc) is 3.70. The molecule has 0 spiro atoms. The molecule has 0 unspecified atom stereocenters. The van der Waals surface area contributed by atoms with Crippen LogP contribution in [0.2, 0.25) is 0 Å². The molecular weight excluding hydrogens is 488 g/mol. The average molecular weight is 517 g/mol. The Kier molecular flexibility index (Phi) is 7.23. The van der Waals surface area contributed by atoms with Gasteiger partial charge in [-0.15, -0.1) is 11.3 Å². The summed E-state index contributed by atoms with van der Waals surface area (Å²) in [6.45, 7) is 0.345. The largest absolute Gasteiger partial charge is 0.507 e. The number of benzene rings is 2. The number of carbonyl (C=O) groups excluding carboxylic acids is 2. The smallest absolute Gasteiger partial charge is 0.342 e. The molecule has 8 nitrogen and oxygen atoms in total. The number of hydrogen-bond donors (Lipinski definition) is 3. The van der Waals surface area contributed by atoms with Crippen LogP contribution in [0.4, 0.5) is 10.5 Å². The van der Waals surface area contributed by atoms with Crippen molar-refractivity contribution in [2.75, 3.05) is 12.4 Å². The van der Waals surface area contributed by atoms with E-state index >= 15 is 0 Å². The fourth-order valence-corrected chi connectivity index (χ4v) is 5.24.